The molecule has 0 saturated heterocycles. The van der Waals surface area contributed by atoms with Gasteiger partial charge in [-0.2, -0.15) is 10.2 Å². The van der Waals surface area contributed by atoms with Crippen molar-refractivity contribution in [1.29, 1.82) is 0 Å². The van der Waals surface area contributed by atoms with Gasteiger partial charge in [-0.15, -0.1) is 0 Å². The normalized spacial score (nSPS) is 12.6. The second-order valence-electron chi connectivity index (χ2n) is 9.91. The number of aryl methyl sites for hydroxylation is 3. The van der Waals surface area contributed by atoms with Crippen LogP contribution in [0.3, 0.4) is 0 Å². The number of aliphatic hydroxyl groups excluding tert-OH is 1. The number of benzene rings is 2. The molecule has 0 amide bonds. The minimum Gasteiger partial charge on any atom is -0.394 e. The van der Waals surface area contributed by atoms with Crippen LogP contribution in [0.4, 0.5) is 5.69 Å². The van der Waals surface area contributed by atoms with Crippen LogP contribution in [0.15, 0.2) is 59.7 Å². The lowest BCUT2D eigenvalue weighted by Gasteiger charge is -2.21. The fourth-order valence-electron chi connectivity index (χ4n) is 5.46. The third-order valence-electron chi connectivity index (χ3n) is 7.28. The highest BCUT2D eigenvalue weighted by Gasteiger charge is 2.21. The van der Waals surface area contributed by atoms with E-state index >= 15 is 0 Å². The summed E-state index contributed by atoms with van der Waals surface area (Å²) in [5, 5.41) is 25.8. The maximum Gasteiger partial charge on any atom is 0.259 e. The Labute approximate surface area is 229 Å². The molecule has 6 rings (SSSR count). The molecule has 2 aromatic carbocycles. The molecule has 6 aromatic rings. The second kappa shape index (κ2) is 9.52. The molecule has 0 bridgehead atoms. The van der Waals surface area contributed by atoms with Crippen molar-refractivity contribution in [1.82, 2.24) is 29.1 Å². The molecule has 9 nitrogen and oxygen atoms in total. The topological polar surface area (TPSA) is 103 Å². The summed E-state index contributed by atoms with van der Waals surface area (Å²) in [5.41, 5.74) is 6.03. The lowest BCUT2D eigenvalue weighted by molar-refractivity contribution is 0.271. The van der Waals surface area contributed by atoms with Gasteiger partial charge in [-0.05, 0) is 55.3 Å². The maximum atomic E-state index is 13.5. The van der Waals surface area contributed by atoms with Gasteiger partial charge in [0.05, 0.1) is 42.4 Å². The van der Waals surface area contributed by atoms with Gasteiger partial charge >= 0.3 is 0 Å². The van der Waals surface area contributed by atoms with Crippen LogP contribution in [0.25, 0.3) is 44.0 Å². The highest BCUT2D eigenvalue weighted by Crippen LogP contribution is 2.36. The fraction of sp³-hybridized carbons (Fsp3) is 0.241. The van der Waals surface area contributed by atoms with Gasteiger partial charge in [-0.3, -0.25) is 14.0 Å². The van der Waals surface area contributed by atoms with Crippen LogP contribution in [0.2, 0.25) is 5.15 Å². The quantitative estimate of drug-likeness (QED) is 0.289. The average molecular weight is 542 g/mol. The molecule has 4 aromatic heterocycles. The van der Waals surface area contributed by atoms with Crippen molar-refractivity contribution in [3.8, 4) is 11.3 Å². The lowest BCUT2D eigenvalue weighted by Crippen LogP contribution is -2.21. The van der Waals surface area contributed by atoms with E-state index in [2.05, 4.69) is 39.6 Å². The van der Waals surface area contributed by atoms with Crippen LogP contribution < -0.4 is 10.9 Å². The Morgan fingerprint density at radius 2 is 1.87 bits per heavy atom. The number of rotatable bonds is 6. The van der Waals surface area contributed by atoms with E-state index in [0.29, 0.717) is 22.7 Å². The first-order chi connectivity index (χ1) is 18.8. The zero-order valence-corrected chi connectivity index (χ0v) is 22.9. The number of hydrogen-bond acceptors (Lipinski definition) is 6. The zero-order chi connectivity index (χ0) is 27.4. The number of hydrogen-bond donors (Lipinski definition) is 2. The van der Waals surface area contributed by atoms with Crippen molar-refractivity contribution in [2.24, 2.45) is 14.1 Å². The fourth-order valence-corrected chi connectivity index (χ4v) is 5.61. The van der Waals surface area contributed by atoms with Gasteiger partial charge in [0.25, 0.3) is 5.56 Å². The number of aromatic nitrogens is 6. The molecule has 0 radical (unpaired) electrons. The first-order valence-corrected chi connectivity index (χ1v) is 13.1. The van der Waals surface area contributed by atoms with Crippen LogP contribution >= 0.6 is 11.6 Å². The number of anilines is 1. The standard InChI is InChI=1S/C29H28ClN7O2/c1-16-11-20(26-21(12-16)29(39)35(3)28-22(26)15-32-37(28)9-10-38)17(2)33-23-6-8-25(30)34-27(23)18-5-7-24-19(13-18)14-31-36(24)4/h5-8,11-15,17,33,38H,9-10H2,1-4H3. The summed E-state index contributed by atoms with van der Waals surface area (Å²) in [5.74, 6) is 0. The minimum atomic E-state index is -0.187. The van der Waals surface area contributed by atoms with Gasteiger partial charge in [-0.25, -0.2) is 9.67 Å². The molecule has 1 atom stereocenters. The summed E-state index contributed by atoms with van der Waals surface area (Å²) in [6.45, 7) is 4.29. The van der Waals surface area contributed by atoms with Crippen molar-refractivity contribution in [3.63, 3.8) is 0 Å². The molecule has 0 saturated carbocycles. The number of pyridine rings is 2. The van der Waals surface area contributed by atoms with Crippen molar-refractivity contribution in [2.75, 3.05) is 11.9 Å². The Bertz CT molecular complexity index is 1950. The molecule has 198 valence electrons. The van der Waals surface area contributed by atoms with Gasteiger partial charge in [0.15, 0.2) is 0 Å². The number of halogens is 1. The van der Waals surface area contributed by atoms with Gasteiger partial charge < -0.3 is 10.4 Å². The van der Waals surface area contributed by atoms with Gasteiger partial charge in [0, 0.05) is 47.2 Å². The third kappa shape index (κ3) is 4.14. The minimum absolute atomic E-state index is 0.0705. The predicted octanol–water partition coefficient (Wildman–Crippen LogP) is 4.96. The van der Waals surface area contributed by atoms with Crippen molar-refractivity contribution < 1.29 is 5.11 Å². The average Bonchev–Trinajstić information content (AvgIpc) is 3.51. The van der Waals surface area contributed by atoms with E-state index in [-0.39, 0.29) is 18.2 Å². The number of fused-ring (bicyclic) bond motifs is 4. The Kier molecular flexibility index (Phi) is 6.12. The molecule has 0 spiro atoms. The van der Waals surface area contributed by atoms with Gasteiger partial charge in [0.1, 0.15) is 10.8 Å². The van der Waals surface area contributed by atoms with E-state index in [0.717, 1.165) is 49.7 Å². The van der Waals surface area contributed by atoms with Gasteiger partial charge in [0.2, 0.25) is 0 Å². The Balaban J connectivity index is 1.50. The molecule has 1 unspecified atom stereocenters. The van der Waals surface area contributed by atoms with E-state index in [9.17, 15) is 9.90 Å². The van der Waals surface area contributed by atoms with E-state index in [1.807, 2.05) is 49.1 Å². The largest absolute Gasteiger partial charge is 0.394 e. The smallest absolute Gasteiger partial charge is 0.259 e. The van der Waals surface area contributed by atoms with E-state index in [4.69, 9.17) is 11.6 Å². The number of aliphatic hydroxyl groups is 1. The highest BCUT2D eigenvalue weighted by atomic mass is 35.5. The summed E-state index contributed by atoms with van der Waals surface area (Å²) >= 11 is 6.35. The molecule has 10 heteroatoms. The summed E-state index contributed by atoms with van der Waals surface area (Å²) in [6, 6.07) is 13.6. The second-order valence-corrected chi connectivity index (χ2v) is 10.3. The molecule has 0 aliphatic heterocycles. The zero-order valence-electron chi connectivity index (χ0n) is 22.1. The van der Waals surface area contributed by atoms with Crippen molar-refractivity contribution >= 4 is 50.0 Å². The molecule has 0 fully saturated rings. The lowest BCUT2D eigenvalue weighted by atomic mass is 9.95. The van der Waals surface area contributed by atoms with E-state index < -0.39 is 0 Å². The third-order valence-corrected chi connectivity index (χ3v) is 7.49. The molecule has 0 aliphatic carbocycles. The molecular formula is C29H28ClN7O2. The molecule has 4 heterocycles. The van der Waals surface area contributed by atoms with E-state index in [1.54, 1.807) is 28.6 Å². The Hall–Kier alpha value is -4.21. The summed E-state index contributed by atoms with van der Waals surface area (Å²) in [4.78, 5) is 18.1. The van der Waals surface area contributed by atoms with Crippen molar-refractivity contribution in [3.05, 3.63) is 81.5 Å². The first-order valence-electron chi connectivity index (χ1n) is 12.7. The van der Waals surface area contributed by atoms with Crippen molar-refractivity contribution in [2.45, 2.75) is 26.4 Å². The van der Waals surface area contributed by atoms with Crippen LogP contribution in [0, 0.1) is 6.92 Å². The SMILES string of the molecule is Cc1cc(C(C)Nc2ccc(Cl)nc2-c2ccc3c(cnn3C)c2)c2c(c1)c(=O)n(C)c1c2cnn1CCO. The number of nitrogens with zero attached hydrogens (tertiary/aromatic N) is 6. The Morgan fingerprint density at radius 3 is 2.67 bits per heavy atom. The molecular weight excluding hydrogens is 514 g/mol. The Morgan fingerprint density at radius 1 is 1.05 bits per heavy atom. The van der Waals surface area contributed by atoms with Gasteiger partial charge in [-0.1, -0.05) is 23.7 Å². The van der Waals surface area contributed by atoms with Crippen LogP contribution in [0.5, 0.6) is 0 Å². The highest BCUT2D eigenvalue weighted by molar-refractivity contribution is 6.29. The van der Waals surface area contributed by atoms with E-state index in [1.165, 1.54) is 0 Å². The van der Waals surface area contributed by atoms with Crippen LogP contribution in [-0.2, 0) is 20.6 Å². The first kappa shape index (κ1) is 25.1. The summed E-state index contributed by atoms with van der Waals surface area (Å²) < 4.78 is 5.12. The van der Waals surface area contributed by atoms with Crippen LogP contribution in [-0.4, -0.2) is 40.8 Å². The maximum absolute atomic E-state index is 13.5. The monoisotopic (exact) mass is 541 g/mol. The predicted molar refractivity (Wildman–Crippen MR) is 155 cm³/mol. The molecule has 0 aliphatic rings. The summed E-state index contributed by atoms with van der Waals surface area (Å²) in [6.07, 6.45) is 3.61. The summed E-state index contributed by atoms with van der Waals surface area (Å²) in [7, 11) is 3.66. The molecule has 2 N–H and O–H groups in total. The van der Waals surface area contributed by atoms with Crippen LogP contribution in [0.1, 0.15) is 24.1 Å². The molecule has 39 heavy (non-hydrogen) atoms. The number of nitrogens with one attached hydrogen (secondary N) is 1.